The van der Waals surface area contributed by atoms with Crippen LogP contribution in [0.3, 0.4) is 0 Å². The summed E-state index contributed by atoms with van der Waals surface area (Å²) in [6.45, 7) is 3.98. The van der Waals surface area contributed by atoms with E-state index in [-0.39, 0.29) is 11.6 Å². The monoisotopic (exact) mass is 332 g/mol. The van der Waals surface area contributed by atoms with E-state index in [9.17, 15) is 0 Å². The molecule has 1 aromatic carbocycles. The van der Waals surface area contributed by atoms with E-state index < -0.39 is 0 Å². The van der Waals surface area contributed by atoms with Crippen LogP contribution in [-0.4, -0.2) is 31.5 Å². The van der Waals surface area contributed by atoms with Gasteiger partial charge in [-0.2, -0.15) is 0 Å². The highest BCUT2D eigenvalue weighted by atomic mass is 35.5. The van der Waals surface area contributed by atoms with E-state index in [2.05, 4.69) is 5.43 Å². The molecule has 3 N–H and O–H groups in total. The predicted molar refractivity (Wildman–Crippen MR) is 85.7 cm³/mol. The quantitative estimate of drug-likeness (QED) is 0.621. The second kappa shape index (κ2) is 7.77. The number of rotatable bonds is 6. The summed E-state index contributed by atoms with van der Waals surface area (Å²) in [7, 11) is 0. The number of hydrogen-bond donors (Lipinski definition) is 2. The van der Waals surface area contributed by atoms with Crippen LogP contribution < -0.4 is 11.3 Å². The standard InChI is InChI=1S/C15H22Cl2N2O2/c1-2-21-15(6-8-20-9-7-15)14(19-18)10-11-12(16)4-3-5-13(11)17/h3-5,14,19H,2,6-10,18H2,1H3. The first kappa shape index (κ1) is 17.0. The molecule has 1 aliphatic heterocycles. The minimum atomic E-state index is -0.343. The molecule has 0 saturated carbocycles. The molecule has 1 aromatic rings. The van der Waals surface area contributed by atoms with Gasteiger partial charge in [0.15, 0.2) is 0 Å². The Balaban J connectivity index is 2.24. The van der Waals surface area contributed by atoms with E-state index in [4.69, 9.17) is 38.5 Å². The summed E-state index contributed by atoms with van der Waals surface area (Å²) < 4.78 is 11.5. The van der Waals surface area contributed by atoms with E-state index in [0.29, 0.717) is 36.3 Å². The van der Waals surface area contributed by atoms with Crippen LogP contribution in [0.15, 0.2) is 18.2 Å². The molecule has 0 amide bonds. The zero-order chi connectivity index (χ0) is 15.3. The first-order valence-electron chi connectivity index (χ1n) is 7.23. The third-order valence-corrected chi connectivity index (χ3v) is 4.79. The molecule has 21 heavy (non-hydrogen) atoms. The molecule has 0 aliphatic carbocycles. The fraction of sp³-hybridized carbons (Fsp3) is 0.600. The maximum atomic E-state index is 6.27. The normalized spacial score (nSPS) is 19.4. The molecule has 0 bridgehead atoms. The lowest BCUT2D eigenvalue weighted by Crippen LogP contribution is -2.58. The number of nitrogens with one attached hydrogen (secondary N) is 1. The van der Waals surface area contributed by atoms with Crippen molar-refractivity contribution in [1.82, 2.24) is 5.43 Å². The lowest BCUT2D eigenvalue weighted by atomic mass is 9.83. The van der Waals surface area contributed by atoms with Crippen molar-refractivity contribution >= 4 is 23.2 Å². The van der Waals surface area contributed by atoms with Crippen LogP contribution in [0.5, 0.6) is 0 Å². The number of halogens is 2. The van der Waals surface area contributed by atoms with Gasteiger partial charge in [0, 0.05) is 42.7 Å². The summed E-state index contributed by atoms with van der Waals surface area (Å²) in [5, 5.41) is 1.31. The summed E-state index contributed by atoms with van der Waals surface area (Å²) in [6.07, 6.45) is 2.23. The van der Waals surface area contributed by atoms with Crippen LogP contribution in [0.1, 0.15) is 25.3 Å². The second-order valence-electron chi connectivity index (χ2n) is 5.23. The maximum Gasteiger partial charge on any atom is 0.0895 e. The average molecular weight is 333 g/mol. The van der Waals surface area contributed by atoms with Crippen LogP contribution in [0.25, 0.3) is 0 Å². The number of hydrazine groups is 1. The minimum Gasteiger partial charge on any atom is -0.381 e. The Labute approximate surface area is 135 Å². The van der Waals surface area contributed by atoms with Gasteiger partial charge in [-0.05, 0) is 31.0 Å². The van der Waals surface area contributed by atoms with Gasteiger partial charge in [0.1, 0.15) is 0 Å². The molecule has 1 fully saturated rings. The van der Waals surface area contributed by atoms with Gasteiger partial charge in [-0.3, -0.25) is 11.3 Å². The number of ether oxygens (including phenoxy) is 2. The van der Waals surface area contributed by atoms with Gasteiger partial charge in [-0.25, -0.2) is 0 Å². The smallest absolute Gasteiger partial charge is 0.0895 e. The van der Waals surface area contributed by atoms with Crippen molar-refractivity contribution < 1.29 is 9.47 Å². The predicted octanol–water partition coefficient (Wildman–Crippen LogP) is 2.95. The fourth-order valence-corrected chi connectivity index (χ4v) is 3.48. The summed E-state index contributed by atoms with van der Waals surface area (Å²) in [5.74, 6) is 5.81. The average Bonchev–Trinajstić information content (AvgIpc) is 2.48. The number of hydrogen-bond acceptors (Lipinski definition) is 4. The molecule has 1 aliphatic rings. The van der Waals surface area contributed by atoms with Gasteiger partial charge in [-0.15, -0.1) is 0 Å². The largest absolute Gasteiger partial charge is 0.381 e. The van der Waals surface area contributed by atoms with Crippen LogP contribution in [0, 0.1) is 0 Å². The Bertz CT molecular complexity index is 439. The van der Waals surface area contributed by atoms with Crippen molar-refractivity contribution in [2.24, 2.45) is 5.84 Å². The zero-order valence-electron chi connectivity index (χ0n) is 12.2. The van der Waals surface area contributed by atoms with Crippen LogP contribution in [-0.2, 0) is 15.9 Å². The highest BCUT2D eigenvalue weighted by Crippen LogP contribution is 2.33. The Morgan fingerprint density at radius 3 is 2.48 bits per heavy atom. The van der Waals surface area contributed by atoms with E-state index >= 15 is 0 Å². The Morgan fingerprint density at radius 1 is 1.33 bits per heavy atom. The van der Waals surface area contributed by atoms with Gasteiger partial charge in [0.2, 0.25) is 0 Å². The highest BCUT2D eigenvalue weighted by molar-refractivity contribution is 6.36. The summed E-state index contributed by atoms with van der Waals surface area (Å²) in [6, 6.07) is 5.45. The van der Waals surface area contributed by atoms with Gasteiger partial charge >= 0.3 is 0 Å². The molecule has 118 valence electrons. The molecule has 6 heteroatoms. The lowest BCUT2D eigenvalue weighted by Gasteiger charge is -2.43. The molecule has 1 heterocycles. The summed E-state index contributed by atoms with van der Waals surface area (Å²) >= 11 is 12.5. The maximum absolute atomic E-state index is 6.27. The van der Waals surface area contributed by atoms with Crippen molar-refractivity contribution in [3.8, 4) is 0 Å². The number of benzene rings is 1. The lowest BCUT2D eigenvalue weighted by molar-refractivity contribution is -0.126. The van der Waals surface area contributed by atoms with Gasteiger partial charge < -0.3 is 9.47 Å². The molecule has 0 aromatic heterocycles. The van der Waals surface area contributed by atoms with E-state index in [1.165, 1.54) is 0 Å². The molecule has 2 rings (SSSR count). The summed E-state index contributed by atoms with van der Waals surface area (Å²) in [5.41, 5.74) is 3.46. The number of nitrogens with two attached hydrogens (primary N) is 1. The van der Waals surface area contributed by atoms with Gasteiger partial charge in [-0.1, -0.05) is 29.3 Å². The second-order valence-corrected chi connectivity index (χ2v) is 6.05. The molecule has 0 radical (unpaired) electrons. The zero-order valence-corrected chi connectivity index (χ0v) is 13.7. The first-order chi connectivity index (χ1) is 10.1. The molecular weight excluding hydrogens is 311 g/mol. The summed E-state index contributed by atoms with van der Waals surface area (Å²) in [4.78, 5) is 0. The van der Waals surface area contributed by atoms with E-state index in [1.54, 1.807) is 0 Å². The van der Waals surface area contributed by atoms with Crippen LogP contribution >= 0.6 is 23.2 Å². The molecule has 1 unspecified atom stereocenters. The van der Waals surface area contributed by atoms with Crippen molar-refractivity contribution in [2.75, 3.05) is 19.8 Å². The highest BCUT2D eigenvalue weighted by Gasteiger charge is 2.41. The third-order valence-electron chi connectivity index (χ3n) is 4.08. The molecule has 4 nitrogen and oxygen atoms in total. The molecule has 1 atom stereocenters. The van der Waals surface area contributed by atoms with Gasteiger partial charge in [0.05, 0.1) is 11.6 Å². The first-order valence-corrected chi connectivity index (χ1v) is 7.99. The fourth-order valence-electron chi connectivity index (χ4n) is 2.93. The van der Waals surface area contributed by atoms with Crippen molar-refractivity contribution in [3.05, 3.63) is 33.8 Å². The van der Waals surface area contributed by atoms with E-state index in [0.717, 1.165) is 18.4 Å². The molecule has 0 spiro atoms. The van der Waals surface area contributed by atoms with Gasteiger partial charge in [0.25, 0.3) is 0 Å². The SMILES string of the molecule is CCOC1(C(Cc2c(Cl)cccc2Cl)NN)CCOCC1. The third kappa shape index (κ3) is 3.89. The molecular formula is C15H22Cl2N2O2. The topological polar surface area (TPSA) is 56.5 Å². The Kier molecular flexibility index (Phi) is 6.29. The Morgan fingerprint density at radius 2 is 1.95 bits per heavy atom. The van der Waals surface area contributed by atoms with Crippen molar-refractivity contribution in [1.29, 1.82) is 0 Å². The van der Waals surface area contributed by atoms with Crippen LogP contribution in [0.2, 0.25) is 10.0 Å². The van der Waals surface area contributed by atoms with Crippen molar-refractivity contribution in [2.45, 2.75) is 37.8 Å². The minimum absolute atomic E-state index is 0.0706. The van der Waals surface area contributed by atoms with Crippen molar-refractivity contribution in [3.63, 3.8) is 0 Å². The Hall–Kier alpha value is -0.360. The molecule has 1 saturated heterocycles. The van der Waals surface area contributed by atoms with Crippen LogP contribution in [0.4, 0.5) is 0 Å². The van der Waals surface area contributed by atoms with E-state index in [1.807, 2.05) is 25.1 Å².